The maximum absolute atomic E-state index is 6.55. The summed E-state index contributed by atoms with van der Waals surface area (Å²) in [5, 5.41) is 8.33. The van der Waals surface area contributed by atoms with Gasteiger partial charge in [0.15, 0.2) is 5.11 Å². The summed E-state index contributed by atoms with van der Waals surface area (Å²) in [5.41, 5.74) is 7.31. The van der Waals surface area contributed by atoms with E-state index in [1.807, 2.05) is 66.7 Å². The molecule has 0 radical (unpaired) electrons. The number of hydrogen-bond acceptors (Lipinski definition) is 3. The van der Waals surface area contributed by atoms with Crippen molar-refractivity contribution < 1.29 is 4.74 Å². The first-order valence-electron chi connectivity index (χ1n) is 10.1. The molecule has 1 aliphatic rings. The minimum Gasteiger partial charge on any atom is -0.365 e. The van der Waals surface area contributed by atoms with E-state index in [-0.39, 0.29) is 18.1 Å². The number of nitrogens with one attached hydrogen (secondary N) is 2. The number of nitrogens with zero attached hydrogens (tertiary/aromatic N) is 1. The largest absolute Gasteiger partial charge is 0.365 e. The van der Waals surface area contributed by atoms with Crippen molar-refractivity contribution in [3.05, 3.63) is 102 Å². The highest BCUT2D eigenvalue weighted by Crippen LogP contribution is 2.40. The van der Waals surface area contributed by atoms with E-state index in [1.165, 1.54) is 0 Å². The van der Waals surface area contributed by atoms with E-state index >= 15 is 0 Å². The molecule has 0 aromatic heterocycles. The summed E-state index contributed by atoms with van der Waals surface area (Å²) in [7, 11) is 0. The van der Waals surface area contributed by atoms with Crippen LogP contribution in [0.3, 0.4) is 0 Å². The van der Waals surface area contributed by atoms with E-state index in [0.717, 1.165) is 28.9 Å². The van der Waals surface area contributed by atoms with Crippen LogP contribution in [0.5, 0.6) is 0 Å². The van der Waals surface area contributed by atoms with Crippen molar-refractivity contribution >= 4 is 28.7 Å². The summed E-state index contributed by atoms with van der Waals surface area (Å²) < 4.78 is 6.55. The van der Waals surface area contributed by atoms with E-state index in [9.17, 15) is 0 Å². The third-order valence-corrected chi connectivity index (χ3v) is 5.51. The number of para-hydroxylation sites is 1. The van der Waals surface area contributed by atoms with Gasteiger partial charge >= 0.3 is 0 Å². The summed E-state index contributed by atoms with van der Waals surface area (Å²) in [6, 6.07) is 30.5. The highest BCUT2D eigenvalue weighted by Gasteiger charge is 2.35. The Hall–Kier alpha value is -3.02. The zero-order chi connectivity index (χ0) is 20.8. The molecule has 1 heterocycles. The van der Waals surface area contributed by atoms with E-state index in [2.05, 4.69) is 41.9 Å². The number of hydrazone groups is 1. The van der Waals surface area contributed by atoms with E-state index in [0.29, 0.717) is 5.11 Å². The van der Waals surface area contributed by atoms with Gasteiger partial charge in [0.1, 0.15) is 0 Å². The van der Waals surface area contributed by atoms with Crippen LogP contribution in [0.15, 0.2) is 96.1 Å². The second kappa shape index (κ2) is 9.65. The summed E-state index contributed by atoms with van der Waals surface area (Å²) in [6.07, 6.45) is 0.598. The molecule has 3 aromatic rings. The van der Waals surface area contributed by atoms with Crippen molar-refractivity contribution in [1.82, 2.24) is 5.43 Å². The van der Waals surface area contributed by atoms with Crippen LogP contribution in [0.25, 0.3) is 0 Å². The smallest absolute Gasteiger partial charge is 0.191 e. The molecule has 1 saturated heterocycles. The predicted octanol–water partition coefficient (Wildman–Crippen LogP) is 5.87. The molecule has 5 heteroatoms. The summed E-state index contributed by atoms with van der Waals surface area (Å²) in [4.78, 5) is 0. The molecule has 152 valence electrons. The zero-order valence-electron chi connectivity index (χ0n) is 16.9. The molecular formula is C25H25N3OS. The van der Waals surface area contributed by atoms with Gasteiger partial charge < -0.3 is 10.1 Å². The average molecular weight is 416 g/mol. The normalized spacial score (nSPS) is 22.4. The van der Waals surface area contributed by atoms with Gasteiger partial charge in [0.2, 0.25) is 0 Å². The zero-order valence-corrected chi connectivity index (χ0v) is 17.7. The van der Waals surface area contributed by atoms with Crippen LogP contribution in [0.4, 0.5) is 5.69 Å². The molecule has 2 N–H and O–H groups in total. The molecule has 0 spiro atoms. The van der Waals surface area contributed by atoms with Crippen LogP contribution < -0.4 is 10.7 Å². The van der Waals surface area contributed by atoms with Gasteiger partial charge in [-0.3, -0.25) is 5.43 Å². The Morgan fingerprint density at radius 3 is 2.07 bits per heavy atom. The van der Waals surface area contributed by atoms with Crippen LogP contribution >= 0.6 is 12.2 Å². The van der Waals surface area contributed by atoms with Crippen LogP contribution in [-0.4, -0.2) is 10.8 Å². The van der Waals surface area contributed by atoms with Crippen molar-refractivity contribution in [3.8, 4) is 0 Å². The van der Waals surface area contributed by atoms with Gasteiger partial charge in [0.05, 0.1) is 12.2 Å². The van der Waals surface area contributed by atoms with E-state index < -0.39 is 0 Å². The molecule has 3 aromatic carbocycles. The highest BCUT2D eigenvalue weighted by molar-refractivity contribution is 7.80. The third kappa shape index (κ3) is 4.93. The Kier molecular flexibility index (Phi) is 6.52. The third-order valence-electron chi connectivity index (χ3n) is 5.32. The first kappa shape index (κ1) is 20.3. The second-order valence-electron chi connectivity index (χ2n) is 7.39. The lowest BCUT2D eigenvalue weighted by atomic mass is 9.85. The lowest BCUT2D eigenvalue weighted by Crippen LogP contribution is -2.34. The van der Waals surface area contributed by atoms with E-state index in [1.54, 1.807) is 0 Å². The maximum atomic E-state index is 6.55. The van der Waals surface area contributed by atoms with Crippen molar-refractivity contribution in [3.63, 3.8) is 0 Å². The van der Waals surface area contributed by atoms with Gasteiger partial charge in [-0.1, -0.05) is 85.8 Å². The van der Waals surface area contributed by atoms with Crippen molar-refractivity contribution in [1.29, 1.82) is 0 Å². The van der Waals surface area contributed by atoms with Gasteiger partial charge in [-0.15, -0.1) is 0 Å². The van der Waals surface area contributed by atoms with Crippen LogP contribution in [0.1, 0.15) is 36.7 Å². The van der Waals surface area contributed by atoms with Crippen molar-refractivity contribution in [2.45, 2.75) is 25.6 Å². The molecule has 0 unspecified atom stereocenters. The fourth-order valence-electron chi connectivity index (χ4n) is 3.72. The Labute approximate surface area is 183 Å². The van der Waals surface area contributed by atoms with Crippen molar-refractivity contribution in [2.75, 3.05) is 5.32 Å². The quantitative estimate of drug-likeness (QED) is 0.413. The number of hydrogen-bond donors (Lipinski definition) is 2. The number of ether oxygens (including phenoxy) is 1. The fraction of sp³-hybridized carbons (Fsp3) is 0.200. The molecule has 30 heavy (non-hydrogen) atoms. The van der Waals surface area contributed by atoms with Crippen molar-refractivity contribution in [2.24, 2.45) is 11.0 Å². The lowest BCUT2D eigenvalue weighted by molar-refractivity contribution is -0.0428. The van der Waals surface area contributed by atoms with Gasteiger partial charge in [-0.25, -0.2) is 0 Å². The highest BCUT2D eigenvalue weighted by atomic mass is 32.1. The Balaban J connectivity index is 1.55. The summed E-state index contributed by atoms with van der Waals surface area (Å²) in [5.74, 6) is 0.124. The molecule has 0 amide bonds. The number of anilines is 1. The minimum atomic E-state index is -0.0682. The van der Waals surface area contributed by atoms with Gasteiger partial charge in [0.25, 0.3) is 0 Å². The summed E-state index contributed by atoms with van der Waals surface area (Å²) >= 11 is 5.43. The SMILES string of the molecule is C[C@@H]1/C(=N/NC(=S)Nc2ccccc2)C[C@H](c2ccccc2)O[C@@H]1c1ccccc1. The first-order chi connectivity index (χ1) is 14.7. The van der Waals surface area contributed by atoms with Gasteiger partial charge in [0, 0.05) is 23.7 Å². The lowest BCUT2D eigenvalue weighted by Gasteiger charge is -2.36. The fourth-order valence-corrected chi connectivity index (χ4v) is 3.88. The van der Waals surface area contributed by atoms with Crippen LogP contribution in [0.2, 0.25) is 0 Å². The maximum Gasteiger partial charge on any atom is 0.191 e. The molecule has 0 aliphatic carbocycles. The minimum absolute atomic E-state index is 0.0520. The Morgan fingerprint density at radius 2 is 1.43 bits per heavy atom. The topological polar surface area (TPSA) is 45.7 Å². The predicted molar refractivity (Wildman–Crippen MR) is 126 cm³/mol. The average Bonchev–Trinajstić information content (AvgIpc) is 2.80. The molecule has 4 nitrogen and oxygen atoms in total. The second-order valence-corrected chi connectivity index (χ2v) is 7.80. The first-order valence-corrected chi connectivity index (χ1v) is 10.6. The monoisotopic (exact) mass is 415 g/mol. The van der Waals surface area contributed by atoms with Gasteiger partial charge in [-0.05, 0) is 35.5 Å². The molecule has 1 aliphatic heterocycles. The van der Waals surface area contributed by atoms with Gasteiger partial charge in [-0.2, -0.15) is 5.10 Å². The number of thiocarbonyl (C=S) groups is 1. The molecule has 0 saturated carbocycles. The Bertz CT molecular complexity index is 993. The molecule has 4 rings (SSSR count). The van der Waals surface area contributed by atoms with Crippen LogP contribution in [0, 0.1) is 5.92 Å². The molecule has 1 fully saturated rings. The van der Waals surface area contributed by atoms with E-state index in [4.69, 9.17) is 22.1 Å². The molecule has 3 atom stereocenters. The number of rotatable bonds is 4. The Morgan fingerprint density at radius 1 is 0.867 bits per heavy atom. The molecular weight excluding hydrogens is 390 g/mol. The summed E-state index contributed by atoms with van der Waals surface area (Å²) in [6.45, 7) is 2.16. The molecule has 0 bridgehead atoms. The standard InChI is InChI=1S/C25H25N3OS/c1-18-22(27-28-25(30)26-21-15-9-4-10-16-21)17-23(19-11-5-2-6-12-19)29-24(18)20-13-7-3-8-14-20/h2-16,18,23-24H,17H2,1H3,(H2,26,28,30)/b27-22+/t18-,23-,24+/m1/s1. The number of benzene rings is 3. The van der Waals surface area contributed by atoms with Crippen LogP contribution in [-0.2, 0) is 4.74 Å².